The third-order valence-corrected chi connectivity index (χ3v) is 3.97. The molecule has 4 heteroatoms. The number of rotatable bonds is 8. The number of hydrogen-bond donors (Lipinski definition) is 1. The molecule has 0 amide bonds. The number of esters is 1. The minimum atomic E-state index is -0.129. The Balaban J connectivity index is 2.21. The Morgan fingerprint density at radius 3 is 2.56 bits per heavy atom. The van der Waals surface area contributed by atoms with Gasteiger partial charge in [-0.3, -0.25) is 4.79 Å². The van der Waals surface area contributed by atoms with Crippen LogP contribution in [-0.4, -0.2) is 50.2 Å². The molecule has 0 unspecified atom stereocenters. The lowest BCUT2D eigenvalue weighted by molar-refractivity contribution is -0.142. The van der Waals surface area contributed by atoms with Crippen molar-refractivity contribution in [3.63, 3.8) is 0 Å². The molecule has 4 nitrogen and oxygen atoms in total. The Bertz CT molecular complexity index is 248. The zero-order chi connectivity index (χ0) is 13.4. The molecule has 0 atom stereocenters. The molecule has 0 heterocycles. The van der Waals surface area contributed by atoms with Gasteiger partial charge in [0.2, 0.25) is 0 Å². The van der Waals surface area contributed by atoms with Crippen molar-refractivity contribution in [2.24, 2.45) is 0 Å². The number of carbonyl (C=O) groups is 1. The van der Waals surface area contributed by atoms with Gasteiger partial charge >= 0.3 is 5.97 Å². The molecule has 0 aromatic carbocycles. The van der Waals surface area contributed by atoms with E-state index in [1.54, 1.807) is 0 Å². The molecule has 1 fully saturated rings. The molecular weight excluding hydrogens is 228 g/mol. The maximum Gasteiger partial charge on any atom is 0.319 e. The molecule has 0 aromatic rings. The van der Waals surface area contributed by atoms with Crippen LogP contribution in [0.25, 0.3) is 0 Å². The fourth-order valence-corrected chi connectivity index (χ4v) is 2.59. The van der Waals surface area contributed by atoms with Crippen LogP contribution in [0.1, 0.15) is 45.4 Å². The molecule has 106 valence electrons. The topological polar surface area (TPSA) is 41.6 Å². The zero-order valence-corrected chi connectivity index (χ0v) is 12.1. The first-order chi connectivity index (χ1) is 8.60. The van der Waals surface area contributed by atoms with Crippen LogP contribution in [0, 0.1) is 0 Å². The average Bonchev–Trinajstić information content (AvgIpc) is 2.79. The van der Waals surface area contributed by atoms with Crippen LogP contribution in [0.3, 0.4) is 0 Å². The molecular formula is C14H28N2O2. The van der Waals surface area contributed by atoms with Crippen molar-refractivity contribution < 1.29 is 9.53 Å². The molecule has 0 aromatic heterocycles. The predicted octanol–water partition coefficient (Wildman–Crippen LogP) is 1.79. The van der Waals surface area contributed by atoms with E-state index in [0.29, 0.717) is 13.2 Å². The molecule has 0 spiro atoms. The first kappa shape index (κ1) is 15.4. The first-order valence-corrected chi connectivity index (χ1v) is 7.14. The second-order valence-electron chi connectivity index (χ2n) is 5.50. The average molecular weight is 256 g/mol. The number of unbranched alkanes of at least 4 members (excludes halogenated alkanes) is 1. The summed E-state index contributed by atoms with van der Waals surface area (Å²) < 4.78 is 5.13. The van der Waals surface area contributed by atoms with E-state index in [1.807, 2.05) is 0 Å². The lowest BCUT2D eigenvalue weighted by atomic mass is 9.96. The monoisotopic (exact) mass is 256 g/mol. The Morgan fingerprint density at radius 1 is 1.33 bits per heavy atom. The Morgan fingerprint density at radius 2 is 2.00 bits per heavy atom. The van der Waals surface area contributed by atoms with Crippen LogP contribution in [-0.2, 0) is 9.53 Å². The number of nitrogens with zero attached hydrogens (tertiary/aromatic N) is 1. The summed E-state index contributed by atoms with van der Waals surface area (Å²) >= 11 is 0. The third-order valence-electron chi connectivity index (χ3n) is 3.97. The molecule has 0 saturated heterocycles. The van der Waals surface area contributed by atoms with Crippen LogP contribution >= 0.6 is 0 Å². The van der Waals surface area contributed by atoms with E-state index in [4.69, 9.17) is 4.74 Å². The van der Waals surface area contributed by atoms with Gasteiger partial charge in [0.15, 0.2) is 0 Å². The summed E-state index contributed by atoms with van der Waals surface area (Å²) in [4.78, 5) is 13.8. The molecule has 0 bridgehead atoms. The Kier molecular flexibility index (Phi) is 6.65. The van der Waals surface area contributed by atoms with Crippen LogP contribution in [0.2, 0.25) is 0 Å². The van der Waals surface area contributed by atoms with Crippen molar-refractivity contribution in [3.05, 3.63) is 0 Å². The van der Waals surface area contributed by atoms with Crippen molar-refractivity contribution in [2.45, 2.75) is 51.0 Å². The summed E-state index contributed by atoms with van der Waals surface area (Å²) in [5.74, 6) is -0.129. The van der Waals surface area contributed by atoms with E-state index in [2.05, 4.69) is 31.2 Å². The normalized spacial score (nSPS) is 18.2. The largest absolute Gasteiger partial charge is 0.465 e. The molecule has 1 saturated carbocycles. The van der Waals surface area contributed by atoms with Crippen molar-refractivity contribution in [2.75, 3.05) is 33.8 Å². The van der Waals surface area contributed by atoms with E-state index in [9.17, 15) is 4.79 Å². The van der Waals surface area contributed by atoms with Crippen molar-refractivity contribution in [1.29, 1.82) is 0 Å². The fourth-order valence-electron chi connectivity index (χ4n) is 2.59. The van der Waals surface area contributed by atoms with Crippen molar-refractivity contribution in [1.82, 2.24) is 10.2 Å². The summed E-state index contributed by atoms with van der Waals surface area (Å²) in [6.45, 7) is 3.85. The second-order valence-corrected chi connectivity index (χ2v) is 5.50. The van der Waals surface area contributed by atoms with E-state index in [-0.39, 0.29) is 11.5 Å². The lowest BCUT2D eigenvalue weighted by Crippen LogP contribution is -2.50. The molecule has 0 aliphatic heterocycles. The van der Waals surface area contributed by atoms with Gasteiger partial charge in [-0.1, -0.05) is 26.2 Å². The minimum absolute atomic E-state index is 0.129. The summed E-state index contributed by atoms with van der Waals surface area (Å²) in [5, 5.41) is 3.26. The van der Waals surface area contributed by atoms with E-state index >= 15 is 0 Å². The minimum Gasteiger partial charge on any atom is -0.465 e. The highest BCUT2D eigenvalue weighted by atomic mass is 16.5. The second kappa shape index (κ2) is 7.74. The van der Waals surface area contributed by atoms with Gasteiger partial charge in [0.1, 0.15) is 0 Å². The Labute approximate surface area is 111 Å². The molecule has 0 radical (unpaired) electrons. The van der Waals surface area contributed by atoms with Crippen LogP contribution in [0.4, 0.5) is 0 Å². The summed E-state index contributed by atoms with van der Waals surface area (Å²) in [7, 11) is 4.26. The molecule has 1 N–H and O–H groups in total. The maximum absolute atomic E-state index is 11.5. The molecule has 1 aliphatic rings. The van der Waals surface area contributed by atoms with Crippen LogP contribution in [0.15, 0.2) is 0 Å². The highest BCUT2D eigenvalue weighted by molar-refractivity contribution is 5.71. The van der Waals surface area contributed by atoms with Gasteiger partial charge in [0, 0.05) is 12.1 Å². The van der Waals surface area contributed by atoms with Gasteiger partial charge in [-0.15, -0.1) is 0 Å². The summed E-state index contributed by atoms with van der Waals surface area (Å²) in [6, 6.07) is 0. The molecule has 18 heavy (non-hydrogen) atoms. The van der Waals surface area contributed by atoms with E-state index in [1.165, 1.54) is 25.7 Å². The third kappa shape index (κ3) is 4.58. The fraction of sp³-hybridized carbons (Fsp3) is 0.929. The molecule has 1 rings (SSSR count). The molecule has 1 aliphatic carbocycles. The smallest absolute Gasteiger partial charge is 0.319 e. The van der Waals surface area contributed by atoms with Gasteiger partial charge in [-0.05, 0) is 33.4 Å². The number of hydrogen-bond acceptors (Lipinski definition) is 4. The van der Waals surface area contributed by atoms with E-state index in [0.717, 1.165) is 19.4 Å². The van der Waals surface area contributed by atoms with Crippen molar-refractivity contribution >= 4 is 5.97 Å². The highest BCUT2D eigenvalue weighted by Crippen LogP contribution is 2.32. The predicted molar refractivity (Wildman–Crippen MR) is 73.6 cm³/mol. The summed E-state index contributed by atoms with van der Waals surface area (Å²) in [6.07, 6.45) is 7.04. The van der Waals surface area contributed by atoms with Gasteiger partial charge in [0.25, 0.3) is 0 Å². The van der Waals surface area contributed by atoms with Crippen LogP contribution in [0.5, 0.6) is 0 Å². The zero-order valence-electron chi connectivity index (χ0n) is 12.1. The highest BCUT2D eigenvalue weighted by Gasteiger charge is 2.35. The van der Waals surface area contributed by atoms with Crippen LogP contribution < -0.4 is 5.32 Å². The standard InChI is InChI=1S/C14H28N2O2/c1-4-5-10-18-13(17)11-15-12-14(16(2)3)8-6-7-9-14/h15H,4-12H2,1-3H3. The first-order valence-electron chi connectivity index (χ1n) is 7.14. The van der Waals surface area contributed by atoms with Gasteiger partial charge in [-0.2, -0.15) is 0 Å². The number of ether oxygens (including phenoxy) is 1. The Hall–Kier alpha value is -0.610. The van der Waals surface area contributed by atoms with E-state index < -0.39 is 0 Å². The number of likely N-dealkylation sites (N-methyl/N-ethyl adjacent to an activating group) is 1. The lowest BCUT2D eigenvalue weighted by Gasteiger charge is -2.36. The SMILES string of the molecule is CCCCOC(=O)CNCC1(N(C)C)CCCC1. The summed E-state index contributed by atoms with van der Waals surface area (Å²) in [5.41, 5.74) is 0.240. The quantitative estimate of drug-likeness (QED) is 0.531. The van der Waals surface area contributed by atoms with Gasteiger partial charge in [0.05, 0.1) is 13.2 Å². The maximum atomic E-state index is 11.5. The van der Waals surface area contributed by atoms with Crippen molar-refractivity contribution in [3.8, 4) is 0 Å². The number of nitrogens with one attached hydrogen (secondary N) is 1. The van der Waals surface area contributed by atoms with Gasteiger partial charge < -0.3 is 15.0 Å². The van der Waals surface area contributed by atoms with Gasteiger partial charge in [-0.25, -0.2) is 0 Å². The number of carbonyl (C=O) groups excluding carboxylic acids is 1.